The lowest BCUT2D eigenvalue weighted by Crippen LogP contribution is -2.34. The minimum Gasteiger partial charge on any atom is -0.330 e. The number of alkyl halides is 3. The van der Waals surface area contributed by atoms with Crippen LogP contribution in [0.2, 0.25) is 0 Å². The molecule has 17 heavy (non-hydrogen) atoms. The first-order chi connectivity index (χ1) is 7.98. The topological polar surface area (TPSA) is 27.1 Å². The van der Waals surface area contributed by atoms with E-state index >= 15 is 0 Å². The van der Waals surface area contributed by atoms with Crippen LogP contribution in [0.3, 0.4) is 0 Å². The highest BCUT2D eigenvalue weighted by atomic mass is 19.4. The fraction of sp³-hybridized carbons (Fsp3) is 0.417. The summed E-state index contributed by atoms with van der Waals surface area (Å²) in [5.41, 5.74) is 0.0208. The number of benzene rings is 1. The Balaban J connectivity index is 2.20. The quantitative estimate of drug-likeness (QED) is 0.799. The van der Waals surface area contributed by atoms with Crippen molar-refractivity contribution in [3.8, 4) is 0 Å². The summed E-state index contributed by atoms with van der Waals surface area (Å²) in [6.45, 7) is 0.712. The fourth-order valence-corrected chi connectivity index (χ4v) is 1.95. The SMILES string of the molecule is N=C1CCCCN1c1ccc(C(F)(F)F)cc1. The van der Waals surface area contributed by atoms with Gasteiger partial charge in [0.2, 0.25) is 0 Å². The van der Waals surface area contributed by atoms with E-state index in [-0.39, 0.29) is 0 Å². The average Bonchev–Trinajstić information content (AvgIpc) is 2.29. The minimum absolute atomic E-state index is 0.482. The second-order valence-corrected chi connectivity index (χ2v) is 4.10. The van der Waals surface area contributed by atoms with Gasteiger partial charge in [-0.05, 0) is 37.1 Å². The first-order valence-electron chi connectivity index (χ1n) is 5.51. The van der Waals surface area contributed by atoms with Crippen LogP contribution in [-0.2, 0) is 6.18 Å². The van der Waals surface area contributed by atoms with Crippen molar-refractivity contribution in [2.45, 2.75) is 25.4 Å². The van der Waals surface area contributed by atoms with Crippen LogP contribution in [0.15, 0.2) is 24.3 Å². The molecule has 1 heterocycles. The van der Waals surface area contributed by atoms with E-state index in [4.69, 9.17) is 5.41 Å². The predicted molar refractivity (Wildman–Crippen MR) is 60.4 cm³/mol. The van der Waals surface area contributed by atoms with E-state index in [1.54, 1.807) is 4.90 Å². The Labute approximate surface area is 97.6 Å². The third kappa shape index (κ3) is 2.60. The van der Waals surface area contributed by atoms with Gasteiger partial charge >= 0.3 is 6.18 Å². The van der Waals surface area contributed by atoms with Gasteiger partial charge in [-0.2, -0.15) is 13.2 Å². The molecule has 0 bridgehead atoms. The summed E-state index contributed by atoms with van der Waals surface area (Å²) in [5, 5.41) is 7.76. The van der Waals surface area contributed by atoms with Gasteiger partial charge in [-0.25, -0.2) is 0 Å². The molecule has 0 saturated carbocycles. The van der Waals surface area contributed by atoms with Crippen molar-refractivity contribution in [1.29, 1.82) is 5.41 Å². The highest BCUT2D eigenvalue weighted by Gasteiger charge is 2.30. The smallest absolute Gasteiger partial charge is 0.330 e. The molecular weight excluding hydrogens is 229 g/mol. The maximum Gasteiger partial charge on any atom is 0.416 e. The molecule has 1 aliphatic heterocycles. The van der Waals surface area contributed by atoms with Crippen LogP contribution >= 0.6 is 0 Å². The monoisotopic (exact) mass is 242 g/mol. The van der Waals surface area contributed by atoms with Crippen molar-refractivity contribution < 1.29 is 13.2 Å². The highest BCUT2D eigenvalue weighted by Crippen LogP contribution is 2.31. The highest BCUT2D eigenvalue weighted by molar-refractivity contribution is 5.96. The van der Waals surface area contributed by atoms with Gasteiger partial charge in [0.25, 0.3) is 0 Å². The number of nitrogens with one attached hydrogen (secondary N) is 1. The average molecular weight is 242 g/mol. The van der Waals surface area contributed by atoms with Crippen molar-refractivity contribution in [2.24, 2.45) is 0 Å². The molecule has 0 atom stereocenters. The number of hydrogen-bond donors (Lipinski definition) is 1. The van der Waals surface area contributed by atoms with Crippen LogP contribution in [0.5, 0.6) is 0 Å². The lowest BCUT2D eigenvalue weighted by atomic mass is 10.1. The van der Waals surface area contributed by atoms with Gasteiger partial charge in [0.1, 0.15) is 5.84 Å². The summed E-state index contributed by atoms with van der Waals surface area (Å²) in [4.78, 5) is 1.77. The molecule has 0 radical (unpaired) electrons. The fourth-order valence-electron chi connectivity index (χ4n) is 1.95. The summed E-state index contributed by atoms with van der Waals surface area (Å²) in [5.74, 6) is 0.482. The van der Waals surface area contributed by atoms with Gasteiger partial charge < -0.3 is 4.90 Å². The van der Waals surface area contributed by atoms with E-state index in [0.717, 1.165) is 25.0 Å². The first-order valence-corrected chi connectivity index (χ1v) is 5.51. The molecule has 1 N–H and O–H groups in total. The van der Waals surface area contributed by atoms with Gasteiger partial charge in [-0.15, -0.1) is 0 Å². The summed E-state index contributed by atoms with van der Waals surface area (Å²) >= 11 is 0. The Kier molecular flexibility index (Phi) is 3.09. The van der Waals surface area contributed by atoms with Gasteiger partial charge in [0.05, 0.1) is 5.56 Å². The largest absolute Gasteiger partial charge is 0.416 e. The van der Waals surface area contributed by atoms with Gasteiger partial charge in [0.15, 0.2) is 0 Å². The minimum atomic E-state index is -4.30. The molecule has 1 fully saturated rings. The summed E-state index contributed by atoms with van der Waals surface area (Å²) in [7, 11) is 0. The molecule has 92 valence electrons. The molecule has 1 aromatic rings. The number of amidine groups is 1. The molecule has 0 unspecified atom stereocenters. The van der Waals surface area contributed by atoms with Crippen LogP contribution in [0.1, 0.15) is 24.8 Å². The molecule has 2 rings (SSSR count). The summed E-state index contributed by atoms with van der Waals surface area (Å²) in [6, 6.07) is 5.00. The van der Waals surface area contributed by atoms with Crippen molar-refractivity contribution in [1.82, 2.24) is 0 Å². The standard InChI is InChI=1S/C12H13F3N2/c13-12(14,15)9-4-6-10(7-5-9)17-8-2-1-3-11(17)16/h4-7,16H,1-3,8H2. The molecule has 1 aliphatic rings. The normalized spacial score (nSPS) is 17.4. The van der Waals surface area contributed by atoms with E-state index in [9.17, 15) is 13.2 Å². The van der Waals surface area contributed by atoms with Crippen LogP contribution < -0.4 is 4.90 Å². The lowest BCUT2D eigenvalue weighted by Gasteiger charge is -2.29. The summed E-state index contributed by atoms with van der Waals surface area (Å²) < 4.78 is 37.1. The molecule has 0 spiro atoms. The number of hydrogen-bond acceptors (Lipinski definition) is 1. The number of rotatable bonds is 1. The molecular formula is C12H13F3N2. The zero-order chi connectivity index (χ0) is 12.5. The molecule has 1 aromatic carbocycles. The molecule has 0 amide bonds. The Bertz CT molecular complexity index is 409. The van der Waals surface area contributed by atoms with Gasteiger partial charge in [-0.3, -0.25) is 5.41 Å². The maximum atomic E-state index is 12.4. The molecule has 0 aliphatic carbocycles. The summed E-state index contributed by atoms with van der Waals surface area (Å²) in [6.07, 6.45) is -1.64. The first kappa shape index (κ1) is 12.0. The second kappa shape index (κ2) is 4.39. The predicted octanol–water partition coefficient (Wildman–Crippen LogP) is 3.67. The van der Waals surface area contributed by atoms with Gasteiger partial charge in [-0.1, -0.05) is 0 Å². The molecule has 2 nitrogen and oxygen atoms in total. The van der Waals surface area contributed by atoms with E-state index < -0.39 is 11.7 Å². The molecule has 0 aromatic heterocycles. The number of piperidine rings is 1. The molecule has 1 saturated heterocycles. The number of anilines is 1. The molecule has 5 heteroatoms. The van der Waals surface area contributed by atoms with Crippen molar-refractivity contribution in [3.63, 3.8) is 0 Å². The van der Waals surface area contributed by atoms with Crippen LogP contribution in [0.4, 0.5) is 18.9 Å². The van der Waals surface area contributed by atoms with E-state index in [2.05, 4.69) is 0 Å². The third-order valence-electron chi connectivity index (χ3n) is 2.88. The van der Waals surface area contributed by atoms with Crippen molar-refractivity contribution in [2.75, 3.05) is 11.4 Å². The van der Waals surface area contributed by atoms with Crippen LogP contribution in [0, 0.1) is 5.41 Å². The Morgan fingerprint density at radius 1 is 1.06 bits per heavy atom. The van der Waals surface area contributed by atoms with E-state index in [0.29, 0.717) is 24.5 Å². The zero-order valence-electron chi connectivity index (χ0n) is 9.22. The van der Waals surface area contributed by atoms with Crippen molar-refractivity contribution >= 4 is 11.5 Å². The Morgan fingerprint density at radius 3 is 2.24 bits per heavy atom. The Hall–Kier alpha value is -1.52. The second-order valence-electron chi connectivity index (χ2n) is 4.10. The lowest BCUT2D eigenvalue weighted by molar-refractivity contribution is -0.137. The maximum absolute atomic E-state index is 12.4. The third-order valence-corrected chi connectivity index (χ3v) is 2.88. The van der Waals surface area contributed by atoms with E-state index in [1.807, 2.05) is 0 Å². The number of halogens is 3. The number of nitrogens with zero attached hydrogens (tertiary/aromatic N) is 1. The van der Waals surface area contributed by atoms with Crippen LogP contribution in [-0.4, -0.2) is 12.4 Å². The van der Waals surface area contributed by atoms with Gasteiger partial charge in [0, 0.05) is 18.7 Å². The Morgan fingerprint density at radius 2 is 1.71 bits per heavy atom. The van der Waals surface area contributed by atoms with E-state index in [1.165, 1.54) is 12.1 Å². The zero-order valence-corrected chi connectivity index (χ0v) is 9.22. The van der Waals surface area contributed by atoms with Crippen molar-refractivity contribution in [3.05, 3.63) is 29.8 Å². The van der Waals surface area contributed by atoms with Crippen LogP contribution in [0.25, 0.3) is 0 Å².